The predicted molar refractivity (Wildman–Crippen MR) is 107 cm³/mol. The molecule has 2 rings (SSSR count). The summed E-state index contributed by atoms with van der Waals surface area (Å²) in [5, 5.41) is 8.74. The first-order valence-electron chi connectivity index (χ1n) is 8.84. The smallest absolute Gasteiger partial charge is 0.243 e. The Bertz CT molecular complexity index is 810. The normalized spacial score (nSPS) is 10.9. The fourth-order valence-electron chi connectivity index (χ4n) is 2.39. The lowest BCUT2D eigenvalue weighted by molar-refractivity contribution is -0.115. The van der Waals surface area contributed by atoms with Gasteiger partial charge in [0.25, 0.3) is 0 Å². The summed E-state index contributed by atoms with van der Waals surface area (Å²) in [5.41, 5.74) is 1.46. The van der Waals surface area contributed by atoms with Crippen molar-refractivity contribution in [3.05, 3.63) is 53.8 Å². The Balaban J connectivity index is 1.94. The molecule has 0 aliphatic carbocycles. The van der Waals surface area contributed by atoms with Gasteiger partial charge in [-0.1, -0.05) is 6.07 Å². The van der Waals surface area contributed by atoms with Gasteiger partial charge in [-0.05, 0) is 48.9 Å². The molecule has 0 atom stereocenters. The Morgan fingerprint density at radius 1 is 1.04 bits per heavy atom. The number of halogens is 1. The quantitative estimate of drug-likeness (QED) is 0.478. The van der Waals surface area contributed by atoms with Crippen molar-refractivity contribution in [3.63, 3.8) is 0 Å². The third-order valence-electron chi connectivity index (χ3n) is 3.76. The van der Waals surface area contributed by atoms with E-state index in [9.17, 15) is 9.18 Å². The molecule has 0 spiro atoms. The lowest BCUT2D eigenvalue weighted by atomic mass is 10.2. The molecular weight excluding hydrogens is 363 g/mol. The van der Waals surface area contributed by atoms with Crippen molar-refractivity contribution in [2.75, 3.05) is 32.6 Å². The van der Waals surface area contributed by atoms with Gasteiger partial charge in [0.2, 0.25) is 5.91 Å². The van der Waals surface area contributed by atoms with Crippen LogP contribution in [0.15, 0.2) is 47.5 Å². The molecule has 150 valence electrons. The molecule has 0 aliphatic heterocycles. The molecule has 0 bridgehead atoms. The zero-order chi connectivity index (χ0) is 20.4. The summed E-state index contributed by atoms with van der Waals surface area (Å²) in [4.78, 5) is 16.5. The average molecular weight is 388 g/mol. The van der Waals surface area contributed by atoms with E-state index in [0.717, 1.165) is 5.56 Å². The number of guanidine groups is 1. The van der Waals surface area contributed by atoms with Gasteiger partial charge in [-0.25, -0.2) is 9.38 Å². The number of carbonyl (C=O) groups is 1. The van der Waals surface area contributed by atoms with Crippen molar-refractivity contribution in [2.45, 2.75) is 13.5 Å². The number of rotatable bonds is 8. The van der Waals surface area contributed by atoms with Gasteiger partial charge in [-0.15, -0.1) is 0 Å². The molecular formula is C20H25FN4O3. The van der Waals surface area contributed by atoms with E-state index in [-0.39, 0.29) is 18.3 Å². The second-order valence-corrected chi connectivity index (χ2v) is 5.79. The van der Waals surface area contributed by atoms with Crippen LogP contribution in [-0.2, 0) is 11.3 Å². The highest BCUT2D eigenvalue weighted by Gasteiger charge is 2.07. The summed E-state index contributed by atoms with van der Waals surface area (Å²) >= 11 is 0. The molecule has 1 amide bonds. The molecule has 0 fully saturated rings. The van der Waals surface area contributed by atoms with E-state index < -0.39 is 0 Å². The molecule has 0 heterocycles. The highest BCUT2D eigenvalue weighted by Crippen LogP contribution is 2.27. The monoisotopic (exact) mass is 388 g/mol. The Hall–Kier alpha value is -3.29. The first-order valence-corrected chi connectivity index (χ1v) is 8.84. The van der Waals surface area contributed by atoms with Gasteiger partial charge in [0.1, 0.15) is 5.82 Å². The van der Waals surface area contributed by atoms with E-state index in [4.69, 9.17) is 9.47 Å². The van der Waals surface area contributed by atoms with Crippen LogP contribution in [-0.4, -0.2) is 39.2 Å². The number of nitrogens with one attached hydrogen (secondary N) is 3. The van der Waals surface area contributed by atoms with E-state index in [2.05, 4.69) is 20.9 Å². The molecule has 7 nitrogen and oxygen atoms in total. The summed E-state index contributed by atoms with van der Waals surface area (Å²) in [6.07, 6.45) is 0. The molecule has 0 aliphatic rings. The maximum absolute atomic E-state index is 12.9. The van der Waals surface area contributed by atoms with Gasteiger partial charge in [0.05, 0.1) is 27.3 Å². The van der Waals surface area contributed by atoms with Gasteiger partial charge in [-0.3, -0.25) is 4.79 Å². The summed E-state index contributed by atoms with van der Waals surface area (Å²) in [5.74, 6) is 1.17. The van der Waals surface area contributed by atoms with Gasteiger partial charge < -0.3 is 25.4 Å². The molecule has 0 radical (unpaired) electrons. The first kappa shape index (κ1) is 21.0. The van der Waals surface area contributed by atoms with Crippen LogP contribution in [0.25, 0.3) is 0 Å². The highest BCUT2D eigenvalue weighted by molar-refractivity contribution is 5.94. The van der Waals surface area contributed by atoms with Crippen molar-refractivity contribution in [1.29, 1.82) is 0 Å². The highest BCUT2D eigenvalue weighted by atomic mass is 19.1. The molecule has 28 heavy (non-hydrogen) atoms. The SMILES string of the molecule is CCNC(=NCc1ccc(OC)c(OC)c1)NCC(=O)Nc1ccc(F)cc1. The first-order chi connectivity index (χ1) is 13.5. The number of ether oxygens (including phenoxy) is 2. The number of nitrogens with zero attached hydrogens (tertiary/aromatic N) is 1. The standard InChI is InChI=1S/C20H25FN4O3/c1-4-22-20(23-12-14-5-10-17(27-2)18(11-14)28-3)24-13-19(26)25-16-8-6-15(21)7-9-16/h5-11H,4,12-13H2,1-3H3,(H,25,26)(H2,22,23,24). The van der Waals surface area contributed by atoms with E-state index in [1.165, 1.54) is 24.3 Å². The van der Waals surface area contributed by atoms with Crippen LogP contribution in [0, 0.1) is 5.82 Å². The molecule has 2 aromatic rings. The zero-order valence-electron chi connectivity index (χ0n) is 16.2. The fraction of sp³-hybridized carbons (Fsp3) is 0.300. The van der Waals surface area contributed by atoms with Crippen LogP contribution in [0.2, 0.25) is 0 Å². The van der Waals surface area contributed by atoms with Crippen molar-refractivity contribution >= 4 is 17.6 Å². The van der Waals surface area contributed by atoms with E-state index in [1.54, 1.807) is 14.2 Å². The number of benzene rings is 2. The maximum atomic E-state index is 12.9. The predicted octanol–water partition coefficient (Wildman–Crippen LogP) is 2.54. The minimum Gasteiger partial charge on any atom is -0.493 e. The number of carbonyl (C=O) groups excluding carboxylic acids is 1. The summed E-state index contributed by atoms with van der Waals surface area (Å²) in [6.45, 7) is 3.01. The lowest BCUT2D eigenvalue weighted by Crippen LogP contribution is -2.41. The van der Waals surface area contributed by atoms with Crippen LogP contribution in [0.1, 0.15) is 12.5 Å². The Morgan fingerprint density at radius 3 is 2.39 bits per heavy atom. The number of methoxy groups -OCH3 is 2. The number of amides is 1. The van der Waals surface area contributed by atoms with Crippen LogP contribution < -0.4 is 25.4 Å². The van der Waals surface area contributed by atoms with Gasteiger partial charge in [0, 0.05) is 12.2 Å². The van der Waals surface area contributed by atoms with Crippen molar-refractivity contribution < 1.29 is 18.7 Å². The van der Waals surface area contributed by atoms with Crippen LogP contribution in [0.5, 0.6) is 11.5 Å². The summed E-state index contributed by atoms with van der Waals surface area (Å²) in [7, 11) is 3.16. The van der Waals surface area contributed by atoms with E-state index in [1.807, 2.05) is 25.1 Å². The Labute approximate surface area is 164 Å². The minimum atomic E-state index is -0.354. The minimum absolute atomic E-state index is 0.0230. The van der Waals surface area contributed by atoms with Crippen molar-refractivity contribution in [1.82, 2.24) is 10.6 Å². The third kappa shape index (κ3) is 6.46. The largest absolute Gasteiger partial charge is 0.493 e. The lowest BCUT2D eigenvalue weighted by Gasteiger charge is -2.12. The fourth-order valence-corrected chi connectivity index (χ4v) is 2.39. The molecule has 0 aromatic heterocycles. The van der Waals surface area contributed by atoms with Gasteiger partial charge in [-0.2, -0.15) is 0 Å². The number of hydrogen-bond donors (Lipinski definition) is 3. The van der Waals surface area contributed by atoms with Crippen molar-refractivity contribution in [2.24, 2.45) is 4.99 Å². The molecule has 2 aromatic carbocycles. The van der Waals surface area contributed by atoms with E-state index in [0.29, 0.717) is 36.2 Å². The van der Waals surface area contributed by atoms with Gasteiger partial charge >= 0.3 is 0 Å². The second kappa shape index (κ2) is 10.8. The number of anilines is 1. The van der Waals surface area contributed by atoms with Gasteiger partial charge in [0.15, 0.2) is 17.5 Å². The Morgan fingerprint density at radius 2 is 1.75 bits per heavy atom. The molecule has 0 unspecified atom stereocenters. The number of aliphatic imine (C=N–C) groups is 1. The molecule has 0 saturated carbocycles. The second-order valence-electron chi connectivity index (χ2n) is 5.79. The topological polar surface area (TPSA) is 84.0 Å². The maximum Gasteiger partial charge on any atom is 0.243 e. The molecule has 0 saturated heterocycles. The summed E-state index contributed by atoms with van der Waals surface area (Å²) < 4.78 is 23.4. The molecule has 3 N–H and O–H groups in total. The van der Waals surface area contributed by atoms with E-state index >= 15 is 0 Å². The molecule has 8 heteroatoms. The average Bonchev–Trinajstić information content (AvgIpc) is 2.71. The van der Waals surface area contributed by atoms with Crippen LogP contribution in [0.4, 0.5) is 10.1 Å². The van der Waals surface area contributed by atoms with Crippen LogP contribution in [0.3, 0.4) is 0 Å². The zero-order valence-corrected chi connectivity index (χ0v) is 16.2. The van der Waals surface area contributed by atoms with Crippen molar-refractivity contribution in [3.8, 4) is 11.5 Å². The summed E-state index contributed by atoms with van der Waals surface area (Å²) in [6, 6.07) is 11.2. The number of hydrogen-bond acceptors (Lipinski definition) is 4. The van der Waals surface area contributed by atoms with Crippen LogP contribution >= 0.6 is 0 Å². The Kier molecular flexibility index (Phi) is 8.08. The third-order valence-corrected chi connectivity index (χ3v) is 3.76.